The van der Waals surface area contributed by atoms with Gasteiger partial charge in [-0.2, -0.15) is 0 Å². The van der Waals surface area contributed by atoms with Crippen LogP contribution in [0, 0.1) is 0 Å². The number of aromatic nitrogens is 2. The maximum atomic E-state index is 5.65. The van der Waals surface area contributed by atoms with Gasteiger partial charge in [0.25, 0.3) is 0 Å². The lowest BCUT2D eigenvalue weighted by molar-refractivity contribution is 0.105. The molecule has 0 aromatic carbocycles. The maximum absolute atomic E-state index is 5.65. The summed E-state index contributed by atoms with van der Waals surface area (Å²) in [5, 5.41) is 6.66. The van der Waals surface area contributed by atoms with Crippen LogP contribution in [0.5, 0.6) is 0 Å². The zero-order valence-electron chi connectivity index (χ0n) is 11.6. The average molecular weight is 250 g/mol. The van der Waals surface area contributed by atoms with Gasteiger partial charge in [-0.1, -0.05) is 6.92 Å². The minimum Gasteiger partial charge on any atom is -0.376 e. The first-order valence-electron chi connectivity index (χ1n) is 6.52. The topological polar surface area (TPSA) is 59.1 Å². The molecule has 0 saturated carbocycles. The summed E-state index contributed by atoms with van der Waals surface area (Å²) in [5.41, 5.74) is 1.07. The molecule has 1 aliphatic heterocycles. The second-order valence-corrected chi connectivity index (χ2v) is 4.96. The first-order chi connectivity index (χ1) is 8.60. The van der Waals surface area contributed by atoms with Crippen LogP contribution in [0.25, 0.3) is 0 Å². The quantitative estimate of drug-likeness (QED) is 0.856. The summed E-state index contributed by atoms with van der Waals surface area (Å²) in [4.78, 5) is 8.64. The van der Waals surface area contributed by atoms with Crippen molar-refractivity contribution in [1.82, 2.24) is 9.97 Å². The Morgan fingerprint density at radius 2 is 2.17 bits per heavy atom. The van der Waals surface area contributed by atoms with Crippen LogP contribution < -0.4 is 10.6 Å². The molecule has 100 valence electrons. The largest absolute Gasteiger partial charge is 0.376 e. The van der Waals surface area contributed by atoms with E-state index in [9.17, 15) is 0 Å². The van der Waals surface area contributed by atoms with E-state index in [2.05, 4.69) is 41.4 Å². The number of ether oxygens (including phenoxy) is 1. The zero-order valence-corrected chi connectivity index (χ0v) is 11.6. The molecule has 0 radical (unpaired) electrons. The first kappa shape index (κ1) is 13.1. The predicted molar refractivity (Wildman–Crippen MR) is 73.0 cm³/mol. The number of hydrogen-bond acceptors (Lipinski definition) is 5. The number of nitrogens with zero attached hydrogens (tertiary/aromatic N) is 2. The van der Waals surface area contributed by atoms with Gasteiger partial charge in [-0.25, -0.2) is 9.97 Å². The van der Waals surface area contributed by atoms with Crippen molar-refractivity contribution < 1.29 is 4.74 Å². The Morgan fingerprint density at radius 3 is 2.72 bits per heavy atom. The molecule has 2 heterocycles. The third kappa shape index (κ3) is 2.27. The summed E-state index contributed by atoms with van der Waals surface area (Å²) >= 11 is 0. The van der Waals surface area contributed by atoms with Gasteiger partial charge in [-0.3, -0.25) is 0 Å². The van der Waals surface area contributed by atoms with Gasteiger partial charge in [-0.05, 0) is 26.7 Å². The highest BCUT2D eigenvalue weighted by molar-refractivity contribution is 5.58. The van der Waals surface area contributed by atoms with E-state index >= 15 is 0 Å². The molecule has 0 aliphatic carbocycles. The Morgan fingerprint density at radius 1 is 1.44 bits per heavy atom. The molecule has 1 saturated heterocycles. The highest BCUT2D eigenvalue weighted by atomic mass is 16.5. The molecule has 2 rings (SSSR count). The van der Waals surface area contributed by atoms with E-state index < -0.39 is 0 Å². The molecule has 0 bridgehead atoms. The summed E-state index contributed by atoms with van der Waals surface area (Å²) in [6.45, 7) is 7.20. The molecule has 2 atom stereocenters. The van der Waals surface area contributed by atoms with E-state index in [1.165, 1.54) is 0 Å². The molecule has 1 aromatic rings. The molecular formula is C13H22N4O. The molecule has 1 aromatic heterocycles. The fourth-order valence-electron chi connectivity index (χ4n) is 2.34. The van der Waals surface area contributed by atoms with Crippen molar-refractivity contribution in [2.24, 2.45) is 0 Å². The highest BCUT2D eigenvalue weighted by Crippen LogP contribution is 2.31. The SMILES string of the molecule is CCc1c(NC)ncnc1NC1(C)CCOC1C. The van der Waals surface area contributed by atoms with E-state index in [1.54, 1.807) is 6.33 Å². The van der Waals surface area contributed by atoms with Crippen LogP contribution in [-0.4, -0.2) is 35.3 Å². The van der Waals surface area contributed by atoms with Gasteiger partial charge in [0.2, 0.25) is 0 Å². The molecule has 18 heavy (non-hydrogen) atoms. The summed E-state index contributed by atoms with van der Waals surface area (Å²) in [5.74, 6) is 1.81. The number of hydrogen-bond donors (Lipinski definition) is 2. The van der Waals surface area contributed by atoms with Gasteiger partial charge in [0.1, 0.15) is 18.0 Å². The fraction of sp³-hybridized carbons (Fsp3) is 0.692. The lowest BCUT2D eigenvalue weighted by atomic mass is 9.94. The molecular weight excluding hydrogens is 228 g/mol. The number of nitrogens with one attached hydrogen (secondary N) is 2. The summed E-state index contributed by atoms with van der Waals surface area (Å²) in [7, 11) is 1.88. The van der Waals surface area contributed by atoms with Gasteiger partial charge in [0.05, 0.1) is 11.6 Å². The highest BCUT2D eigenvalue weighted by Gasteiger charge is 2.37. The third-order valence-electron chi connectivity index (χ3n) is 3.83. The first-order valence-corrected chi connectivity index (χ1v) is 6.52. The van der Waals surface area contributed by atoms with Gasteiger partial charge in [-0.15, -0.1) is 0 Å². The van der Waals surface area contributed by atoms with Crippen LogP contribution in [0.3, 0.4) is 0 Å². The standard InChI is InChI=1S/C13H22N4O/c1-5-10-11(14-4)15-8-16-12(10)17-13(3)6-7-18-9(13)2/h8-9H,5-7H2,1-4H3,(H2,14,15,16,17). The summed E-state index contributed by atoms with van der Waals surface area (Å²) < 4.78 is 5.65. The van der Waals surface area contributed by atoms with Crippen molar-refractivity contribution in [3.8, 4) is 0 Å². The lowest BCUT2D eigenvalue weighted by Gasteiger charge is -2.30. The van der Waals surface area contributed by atoms with Crippen LogP contribution in [0.15, 0.2) is 6.33 Å². The van der Waals surface area contributed by atoms with Gasteiger partial charge >= 0.3 is 0 Å². The Kier molecular flexibility index (Phi) is 3.71. The predicted octanol–water partition coefficient (Wildman–Crippen LogP) is 2.06. The van der Waals surface area contributed by atoms with Crippen LogP contribution in [0.2, 0.25) is 0 Å². The molecule has 5 nitrogen and oxygen atoms in total. The van der Waals surface area contributed by atoms with Crippen molar-refractivity contribution in [3.63, 3.8) is 0 Å². The second kappa shape index (κ2) is 5.10. The minimum absolute atomic E-state index is 0.0523. The zero-order chi connectivity index (χ0) is 13.2. The Hall–Kier alpha value is -1.36. The second-order valence-electron chi connectivity index (χ2n) is 4.96. The number of anilines is 2. The molecule has 0 amide bonds. The van der Waals surface area contributed by atoms with Crippen molar-refractivity contribution >= 4 is 11.6 Å². The van der Waals surface area contributed by atoms with Crippen molar-refractivity contribution in [2.75, 3.05) is 24.3 Å². The van der Waals surface area contributed by atoms with Crippen molar-refractivity contribution in [2.45, 2.75) is 45.3 Å². The molecule has 2 N–H and O–H groups in total. The van der Waals surface area contributed by atoms with Crippen molar-refractivity contribution in [1.29, 1.82) is 0 Å². The minimum atomic E-state index is -0.0523. The summed E-state index contributed by atoms with van der Waals surface area (Å²) in [6.07, 6.45) is 3.67. The van der Waals surface area contributed by atoms with Gasteiger partial charge in [0, 0.05) is 19.2 Å². The lowest BCUT2D eigenvalue weighted by Crippen LogP contribution is -2.41. The van der Waals surface area contributed by atoms with E-state index in [0.717, 1.165) is 36.6 Å². The average Bonchev–Trinajstić information content (AvgIpc) is 2.69. The smallest absolute Gasteiger partial charge is 0.135 e. The van der Waals surface area contributed by atoms with E-state index in [-0.39, 0.29) is 11.6 Å². The normalized spacial score (nSPS) is 27.2. The van der Waals surface area contributed by atoms with Crippen LogP contribution in [0.1, 0.15) is 32.8 Å². The van der Waals surface area contributed by atoms with Crippen molar-refractivity contribution in [3.05, 3.63) is 11.9 Å². The van der Waals surface area contributed by atoms with Crippen LogP contribution >= 0.6 is 0 Å². The van der Waals surface area contributed by atoms with Crippen LogP contribution in [0.4, 0.5) is 11.6 Å². The van der Waals surface area contributed by atoms with Crippen LogP contribution in [-0.2, 0) is 11.2 Å². The monoisotopic (exact) mass is 250 g/mol. The maximum Gasteiger partial charge on any atom is 0.135 e. The molecule has 0 spiro atoms. The molecule has 2 unspecified atom stereocenters. The van der Waals surface area contributed by atoms with E-state index in [0.29, 0.717) is 0 Å². The third-order valence-corrected chi connectivity index (χ3v) is 3.83. The fourth-order valence-corrected chi connectivity index (χ4v) is 2.34. The van der Waals surface area contributed by atoms with Gasteiger partial charge in [0.15, 0.2) is 0 Å². The van der Waals surface area contributed by atoms with Gasteiger partial charge < -0.3 is 15.4 Å². The molecule has 1 aliphatic rings. The Bertz CT molecular complexity index is 423. The summed E-state index contributed by atoms with van der Waals surface area (Å²) in [6, 6.07) is 0. The Labute approximate surface area is 108 Å². The van der Waals surface area contributed by atoms with E-state index in [1.807, 2.05) is 7.05 Å². The van der Waals surface area contributed by atoms with E-state index in [4.69, 9.17) is 4.74 Å². The Balaban J connectivity index is 2.28. The molecule has 1 fully saturated rings. The molecule has 5 heteroatoms. The number of rotatable bonds is 4.